The number of anilines is 1. The van der Waals surface area contributed by atoms with E-state index in [9.17, 15) is 0 Å². The number of nitrogens with zero attached hydrogens (tertiary/aromatic N) is 5. The maximum Gasteiger partial charge on any atom is 0.230 e. The second kappa shape index (κ2) is 4.86. The van der Waals surface area contributed by atoms with E-state index < -0.39 is 0 Å². The summed E-state index contributed by atoms with van der Waals surface area (Å²) in [6, 6.07) is 5.61. The number of halogens is 1. The van der Waals surface area contributed by atoms with Crippen LogP contribution in [-0.4, -0.2) is 33.0 Å². The van der Waals surface area contributed by atoms with E-state index in [4.69, 9.17) is 11.6 Å². The first kappa shape index (κ1) is 11.3. The Balaban J connectivity index is 2.00. The standard InChI is InChI=1S/C12H12ClN5/c13-11-15-10(9-5-1-2-6-14-9)16-12(17-11)18-7-3-4-8-18/h1-2,5-6H,3-4,7-8H2. The van der Waals surface area contributed by atoms with Crippen molar-refractivity contribution in [2.75, 3.05) is 18.0 Å². The lowest BCUT2D eigenvalue weighted by atomic mass is 10.3. The number of aromatic nitrogens is 4. The second-order valence-electron chi connectivity index (χ2n) is 4.14. The fraction of sp³-hybridized carbons (Fsp3) is 0.333. The zero-order valence-electron chi connectivity index (χ0n) is 9.75. The first-order chi connectivity index (χ1) is 8.83. The molecule has 3 heterocycles. The van der Waals surface area contributed by atoms with Gasteiger partial charge in [0.1, 0.15) is 5.69 Å². The summed E-state index contributed by atoms with van der Waals surface area (Å²) in [4.78, 5) is 19.1. The molecule has 0 atom stereocenters. The highest BCUT2D eigenvalue weighted by atomic mass is 35.5. The Kier molecular flexibility index (Phi) is 3.06. The van der Waals surface area contributed by atoms with Crippen molar-refractivity contribution >= 4 is 17.5 Å². The Morgan fingerprint density at radius 1 is 1.06 bits per heavy atom. The van der Waals surface area contributed by atoms with Crippen molar-refractivity contribution in [3.05, 3.63) is 29.7 Å². The van der Waals surface area contributed by atoms with Crippen LogP contribution in [0.1, 0.15) is 12.8 Å². The molecular formula is C12H12ClN5. The molecule has 2 aromatic rings. The molecule has 6 heteroatoms. The molecule has 0 bridgehead atoms. The topological polar surface area (TPSA) is 54.8 Å². The van der Waals surface area contributed by atoms with E-state index in [1.54, 1.807) is 6.20 Å². The van der Waals surface area contributed by atoms with Gasteiger partial charge in [-0.3, -0.25) is 4.98 Å². The van der Waals surface area contributed by atoms with Crippen LogP contribution in [-0.2, 0) is 0 Å². The molecular weight excluding hydrogens is 250 g/mol. The van der Waals surface area contributed by atoms with E-state index in [0.717, 1.165) is 13.1 Å². The maximum absolute atomic E-state index is 5.96. The van der Waals surface area contributed by atoms with Crippen molar-refractivity contribution in [2.24, 2.45) is 0 Å². The van der Waals surface area contributed by atoms with Crippen molar-refractivity contribution in [3.8, 4) is 11.5 Å². The second-order valence-corrected chi connectivity index (χ2v) is 4.48. The van der Waals surface area contributed by atoms with E-state index in [2.05, 4.69) is 24.8 Å². The smallest absolute Gasteiger partial charge is 0.230 e. The number of rotatable bonds is 2. The van der Waals surface area contributed by atoms with E-state index in [0.29, 0.717) is 17.5 Å². The highest BCUT2D eigenvalue weighted by molar-refractivity contribution is 6.28. The van der Waals surface area contributed by atoms with Gasteiger partial charge in [-0.05, 0) is 36.6 Å². The predicted octanol–water partition coefficient (Wildman–Crippen LogP) is 2.19. The van der Waals surface area contributed by atoms with Crippen LogP contribution in [0.2, 0.25) is 5.28 Å². The van der Waals surface area contributed by atoms with Crippen LogP contribution < -0.4 is 4.90 Å². The van der Waals surface area contributed by atoms with Crippen LogP contribution in [0.3, 0.4) is 0 Å². The normalized spacial score (nSPS) is 15.1. The molecule has 92 valence electrons. The Morgan fingerprint density at radius 2 is 1.89 bits per heavy atom. The van der Waals surface area contributed by atoms with Gasteiger partial charge in [0.15, 0.2) is 5.82 Å². The molecule has 18 heavy (non-hydrogen) atoms. The summed E-state index contributed by atoms with van der Waals surface area (Å²) in [7, 11) is 0. The fourth-order valence-corrected chi connectivity index (χ4v) is 2.16. The average molecular weight is 262 g/mol. The largest absolute Gasteiger partial charge is 0.341 e. The van der Waals surface area contributed by atoms with Gasteiger partial charge in [-0.15, -0.1) is 0 Å². The summed E-state index contributed by atoms with van der Waals surface area (Å²) >= 11 is 5.96. The molecule has 1 saturated heterocycles. The Morgan fingerprint density at radius 3 is 2.61 bits per heavy atom. The van der Waals surface area contributed by atoms with Crippen molar-refractivity contribution in [3.63, 3.8) is 0 Å². The Bertz CT molecular complexity index is 539. The van der Waals surface area contributed by atoms with Gasteiger partial charge in [0.2, 0.25) is 11.2 Å². The first-order valence-corrected chi connectivity index (χ1v) is 6.29. The van der Waals surface area contributed by atoms with Gasteiger partial charge in [-0.25, -0.2) is 0 Å². The molecule has 1 aliphatic heterocycles. The lowest BCUT2D eigenvalue weighted by Crippen LogP contribution is -2.21. The van der Waals surface area contributed by atoms with Crippen molar-refractivity contribution in [1.82, 2.24) is 19.9 Å². The van der Waals surface area contributed by atoms with Crippen LogP contribution in [0.5, 0.6) is 0 Å². The predicted molar refractivity (Wildman–Crippen MR) is 69.5 cm³/mol. The van der Waals surface area contributed by atoms with E-state index >= 15 is 0 Å². The molecule has 3 rings (SSSR count). The highest BCUT2D eigenvalue weighted by Gasteiger charge is 2.17. The third-order valence-electron chi connectivity index (χ3n) is 2.88. The van der Waals surface area contributed by atoms with Gasteiger partial charge in [-0.2, -0.15) is 15.0 Å². The summed E-state index contributed by atoms with van der Waals surface area (Å²) in [6.45, 7) is 1.95. The highest BCUT2D eigenvalue weighted by Crippen LogP contribution is 2.20. The van der Waals surface area contributed by atoms with E-state index in [1.165, 1.54) is 12.8 Å². The summed E-state index contributed by atoms with van der Waals surface area (Å²) in [5.74, 6) is 1.17. The molecule has 0 saturated carbocycles. The summed E-state index contributed by atoms with van der Waals surface area (Å²) in [5.41, 5.74) is 0.710. The third-order valence-corrected chi connectivity index (χ3v) is 3.05. The number of hydrogen-bond acceptors (Lipinski definition) is 5. The first-order valence-electron chi connectivity index (χ1n) is 5.91. The molecule has 0 spiro atoms. The van der Waals surface area contributed by atoms with Crippen LogP contribution >= 0.6 is 11.6 Å². The van der Waals surface area contributed by atoms with Gasteiger partial charge in [0.25, 0.3) is 0 Å². The minimum atomic E-state index is 0.215. The maximum atomic E-state index is 5.96. The average Bonchev–Trinajstić information content (AvgIpc) is 2.93. The van der Waals surface area contributed by atoms with Gasteiger partial charge in [0.05, 0.1) is 0 Å². The Hall–Kier alpha value is -1.75. The number of hydrogen-bond donors (Lipinski definition) is 0. The van der Waals surface area contributed by atoms with Crippen LogP contribution in [0.4, 0.5) is 5.95 Å². The minimum absolute atomic E-state index is 0.215. The fourth-order valence-electron chi connectivity index (χ4n) is 2.01. The molecule has 0 aliphatic carbocycles. The summed E-state index contributed by atoms with van der Waals surface area (Å²) in [6.07, 6.45) is 4.05. The zero-order chi connectivity index (χ0) is 12.4. The lowest BCUT2D eigenvalue weighted by Gasteiger charge is -2.15. The van der Waals surface area contributed by atoms with Crippen LogP contribution in [0, 0.1) is 0 Å². The monoisotopic (exact) mass is 261 g/mol. The molecule has 0 radical (unpaired) electrons. The molecule has 0 unspecified atom stereocenters. The summed E-state index contributed by atoms with van der Waals surface area (Å²) in [5, 5.41) is 0.215. The number of pyridine rings is 1. The van der Waals surface area contributed by atoms with Crippen molar-refractivity contribution in [2.45, 2.75) is 12.8 Å². The van der Waals surface area contributed by atoms with Crippen molar-refractivity contribution < 1.29 is 0 Å². The molecule has 5 nitrogen and oxygen atoms in total. The quantitative estimate of drug-likeness (QED) is 0.829. The van der Waals surface area contributed by atoms with E-state index in [1.807, 2.05) is 18.2 Å². The van der Waals surface area contributed by atoms with Gasteiger partial charge >= 0.3 is 0 Å². The molecule has 0 amide bonds. The molecule has 0 N–H and O–H groups in total. The summed E-state index contributed by atoms with van der Waals surface area (Å²) < 4.78 is 0. The van der Waals surface area contributed by atoms with Gasteiger partial charge in [0, 0.05) is 19.3 Å². The molecule has 2 aromatic heterocycles. The Labute approximate surface area is 110 Å². The minimum Gasteiger partial charge on any atom is -0.341 e. The van der Waals surface area contributed by atoms with Crippen molar-refractivity contribution in [1.29, 1.82) is 0 Å². The molecule has 1 aliphatic rings. The van der Waals surface area contributed by atoms with Crippen LogP contribution in [0.25, 0.3) is 11.5 Å². The van der Waals surface area contributed by atoms with Gasteiger partial charge in [-0.1, -0.05) is 6.07 Å². The van der Waals surface area contributed by atoms with E-state index in [-0.39, 0.29) is 5.28 Å². The third kappa shape index (κ3) is 2.26. The molecule has 0 aromatic carbocycles. The zero-order valence-corrected chi connectivity index (χ0v) is 10.5. The lowest BCUT2D eigenvalue weighted by molar-refractivity contribution is 0.881. The molecule has 1 fully saturated rings. The van der Waals surface area contributed by atoms with Crippen LogP contribution in [0.15, 0.2) is 24.4 Å². The SMILES string of the molecule is Clc1nc(-c2ccccn2)nc(N2CCCC2)n1. The van der Waals surface area contributed by atoms with Gasteiger partial charge < -0.3 is 4.90 Å².